The highest BCUT2D eigenvalue weighted by molar-refractivity contribution is 5.82. The molecule has 3 rings (SSSR count). The number of fused-ring (bicyclic) bond motifs is 1. The molecule has 3 aromatic rings. The number of nitrogens with zero attached hydrogens (tertiary/aromatic N) is 3. The summed E-state index contributed by atoms with van der Waals surface area (Å²) in [5.41, 5.74) is 1.68. The van der Waals surface area contributed by atoms with Gasteiger partial charge in [0, 0.05) is 25.7 Å². The summed E-state index contributed by atoms with van der Waals surface area (Å²) in [4.78, 5) is 19.9. The van der Waals surface area contributed by atoms with Gasteiger partial charge in [-0.1, -0.05) is 6.07 Å². The van der Waals surface area contributed by atoms with Crippen LogP contribution in [0.15, 0.2) is 35.1 Å². The SMILES string of the molecule is COc1ccc(CCN(C)CCn2c(C)nc3cc(OC)c(OC)cc3c2=O)cc1OC. The van der Waals surface area contributed by atoms with Gasteiger partial charge in [0.25, 0.3) is 5.56 Å². The Hall–Kier alpha value is -3.26. The van der Waals surface area contributed by atoms with Gasteiger partial charge in [0.2, 0.25) is 0 Å². The Bertz CT molecular complexity index is 1140. The second-order valence-corrected chi connectivity index (χ2v) is 7.58. The van der Waals surface area contributed by atoms with Gasteiger partial charge in [0.15, 0.2) is 23.0 Å². The van der Waals surface area contributed by atoms with E-state index >= 15 is 0 Å². The number of aromatic nitrogens is 2. The van der Waals surface area contributed by atoms with Crippen LogP contribution < -0.4 is 24.5 Å². The van der Waals surface area contributed by atoms with Crippen LogP contribution in [0.4, 0.5) is 0 Å². The van der Waals surface area contributed by atoms with E-state index in [1.54, 1.807) is 45.1 Å². The number of likely N-dealkylation sites (N-methyl/N-ethyl adjacent to an activating group) is 1. The van der Waals surface area contributed by atoms with Crippen molar-refractivity contribution in [1.29, 1.82) is 0 Å². The molecule has 0 saturated heterocycles. The number of hydrogen-bond donors (Lipinski definition) is 0. The molecular formula is C24H31N3O5. The predicted molar refractivity (Wildman–Crippen MR) is 125 cm³/mol. The van der Waals surface area contributed by atoms with Gasteiger partial charge in [0.1, 0.15) is 5.82 Å². The summed E-state index contributed by atoms with van der Waals surface area (Å²) in [6.07, 6.45) is 0.859. The average molecular weight is 442 g/mol. The molecule has 0 N–H and O–H groups in total. The molecule has 0 fully saturated rings. The van der Waals surface area contributed by atoms with Crippen LogP contribution >= 0.6 is 0 Å². The van der Waals surface area contributed by atoms with E-state index in [0.717, 1.165) is 30.0 Å². The maximum atomic E-state index is 13.1. The first kappa shape index (κ1) is 23.4. The Morgan fingerprint density at radius 3 is 2.16 bits per heavy atom. The molecule has 1 aromatic heterocycles. The largest absolute Gasteiger partial charge is 0.493 e. The first-order valence-corrected chi connectivity index (χ1v) is 10.4. The molecular weight excluding hydrogens is 410 g/mol. The zero-order valence-electron chi connectivity index (χ0n) is 19.6. The molecule has 0 atom stereocenters. The lowest BCUT2D eigenvalue weighted by atomic mass is 10.1. The van der Waals surface area contributed by atoms with Gasteiger partial charge in [-0.2, -0.15) is 0 Å². The van der Waals surface area contributed by atoms with Crippen molar-refractivity contribution in [3.8, 4) is 23.0 Å². The van der Waals surface area contributed by atoms with E-state index in [4.69, 9.17) is 18.9 Å². The summed E-state index contributed by atoms with van der Waals surface area (Å²) in [7, 11) is 8.43. The van der Waals surface area contributed by atoms with Crippen molar-refractivity contribution in [1.82, 2.24) is 14.5 Å². The minimum absolute atomic E-state index is 0.0817. The van der Waals surface area contributed by atoms with Crippen LogP contribution in [0.3, 0.4) is 0 Å². The summed E-state index contributed by atoms with van der Waals surface area (Å²) in [5, 5.41) is 0.515. The van der Waals surface area contributed by atoms with E-state index in [-0.39, 0.29) is 5.56 Å². The number of methoxy groups -OCH3 is 4. The van der Waals surface area contributed by atoms with Crippen LogP contribution in [0.2, 0.25) is 0 Å². The van der Waals surface area contributed by atoms with Gasteiger partial charge in [-0.05, 0) is 44.2 Å². The van der Waals surface area contributed by atoms with Crippen LogP contribution in [0.25, 0.3) is 10.9 Å². The number of ether oxygens (including phenoxy) is 4. The standard InChI is InChI=1S/C24H31N3O5/c1-16-25-19-15-23(32-6)22(31-5)14-18(19)24(28)27(16)12-11-26(2)10-9-17-7-8-20(29-3)21(13-17)30-4/h7-8,13-15H,9-12H2,1-6H3. The third kappa shape index (κ3) is 4.96. The number of hydrogen-bond acceptors (Lipinski definition) is 7. The molecule has 1 heterocycles. The molecule has 8 nitrogen and oxygen atoms in total. The van der Waals surface area contributed by atoms with Crippen LogP contribution in [-0.2, 0) is 13.0 Å². The fraction of sp³-hybridized carbons (Fsp3) is 0.417. The quantitative estimate of drug-likeness (QED) is 0.479. The maximum Gasteiger partial charge on any atom is 0.261 e. The molecule has 8 heteroatoms. The fourth-order valence-corrected chi connectivity index (χ4v) is 3.66. The van der Waals surface area contributed by atoms with E-state index < -0.39 is 0 Å². The zero-order valence-corrected chi connectivity index (χ0v) is 19.6. The third-order valence-electron chi connectivity index (χ3n) is 5.59. The van der Waals surface area contributed by atoms with Gasteiger partial charge in [0.05, 0.1) is 39.3 Å². The Labute approximate surface area is 188 Å². The Morgan fingerprint density at radius 1 is 0.875 bits per heavy atom. The minimum atomic E-state index is -0.0817. The van der Waals surface area contributed by atoms with Crippen molar-refractivity contribution in [2.75, 3.05) is 48.6 Å². The van der Waals surface area contributed by atoms with E-state index in [1.165, 1.54) is 0 Å². The predicted octanol–water partition coefficient (Wildman–Crippen LogP) is 2.91. The van der Waals surface area contributed by atoms with E-state index in [9.17, 15) is 4.79 Å². The van der Waals surface area contributed by atoms with Crippen molar-refractivity contribution in [3.05, 3.63) is 52.1 Å². The summed E-state index contributed by atoms with van der Waals surface area (Å²) in [6, 6.07) is 9.39. The summed E-state index contributed by atoms with van der Waals surface area (Å²) >= 11 is 0. The normalized spacial score (nSPS) is 11.1. The molecule has 0 saturated carbocycles. The third-order valence-corrected chi connectivity index (χ3v) is 5.59. The number of aryl methyl sites for hydroxylation is 1. The molecule has 0 aliphatic rings. The lowest BCUT2D eigenvalue weighted by molar-refractivity contribution is 0.318. The number of rotatable bonds is 10. The summed E-state index contributed by atoms with van der Waals surface area (Å²) in [6.45, 7) is 3.95. The number of benzene rings is 2. The molecule has 0 spiro atoms. The Morgan fingerprint density at radius 2 is 1.50 bits per heavy atom. The van der Waals surface area contributed by atoms with Crippen molar-refractivity contribution < 1.29 is 18.9 Å². The smallest absolute Gasteiger partial charge is 0.261 e. The van der Waals surface area contributed by atoms with Gasteiger partial charge < -0.3 is 23.8 Å². The first-order valence-electron chi connectivity index (χ1n) is 10.4. The second kappa shape index (κ2) is 10.4. The second-order valence-electron chi connectivity index (χ2n) is 7.58. The van der Waals surface area contributed by atoms with Crippen molar-refractivity contribution >= 4 is 10.9 Å². The molecule has 2 aromatic carbocycles. The molecule has 32 heavy (non-hydrogen) atoms. The van der Waals surface area contributed by atoms with Gasteiger partial charge in [-0.15, -0.1) is 0 Å². The molecule has 0 radical (unpaired) electrons. The first-order chi connectivity index (χ1) is 15.4. The van der Waals surface area contributed by atoms with Crippen LogP contribution in [0.1, 0.15) is 11.4 Å². The summed E-state index contributed by atoms with van der Waals surface area (Å²) in [5.74, 6) is 3.19. The van der Waals surface area contributed by atoms with E-state index in [2.05, 4.69) is 9.88 Å². The van der Waals surface area contributed by atoms with E-state index in [0.29, 0.717) is 41.3 Å². The highest BCUT2D eigenvalue weighted by atomic mass is 16.5. The Balaban J connectivity index is 1.71. The topological polar surface area (TPSA) is 75.0 Å². The van der Waals surface area contributed by atoms with Crippen LogP contribution in [-0.4, -0.2) is 63.0 Å². The van der Waals surface area contributed by atoms with Gasteiger partial charge in [-0.3, -0.25) is 9.36 Å². The van der Waals surface area contributed by atoms with Crippen molar-refractivity contribution in [2.45, 2.75) is 19.9 Å². The van der Waals surface area contributed by atoms with Crippen LogP contribution in [0, 0.1) is 6.92 Å². The lowest BCUT2D eigenvalue weighted by Gasteiger charge is -2.19. The van der Waals surface area contributed by atoms with Gasteiger partial charge >= 0.3 is 0 Å². The molecule has 0 unspecified atom stereocenters. The molecule has 0 bridgehead atoms. The van der Waals surface area contributed by atoms with Gasteiger partial charge in [-0.25, -0.2) is 4.98 Å². The molecule has 172 valence electrons. The van der Waals surface area contributed by atoms with E-state index in [1.807, 2.05) is 32.2 Å². The Kier molecular flexibility index (Phi) is 7.58. The van der Waals surface area contributed by atoms with Crippen molar-refractivity contribution in [2.24, 2.45) is 0 Å². The molecule has 0 aliphatic carbocycles. The zero-order chi connectivity index (χ0) is 23.3. The van der Waals surface area contributed by atoms with Crippen LogP contribution in [0.5, 0.6) is 23.0 Å². The fourth-order valence-electron chi connectivity index (χ4n) is 3.66. The monoisotopic (exact) mass is 441 g/mol. The van der Waals surface area contributed by atoms with Crippen molar-refractivity contribution in [3.63, 3.8) is 0 Å². The lowest BCUT2D eigenvalue weighted by Crippen LogP contribution is -2.31. The maximum absolute atomic E-state index is 13.1. The average Bonchev–Trinajstić information content (AvgIpc) is 2.81. The summed E-state index contributed by atoms with van der Waals surface area (Å²) < 4.78 is 23.1. The molecule has 0 aliphatic heterocycles. The molecule has 0 amide bonds. The highest BCUT2D eigenvalue weighted by Gasteiger charge is 2.14. The highest BCUT2D eigenvalue weighted by Crippen LogP contribution is 2.30. The minimum Gasteiger partial charge on any atom is -0.493 e.